The van der Waals surface area contributed by atoms with Gasteiger partial charge in [0.25, 0.3) is 5.91 Å². The van der Waals surface area contributed by atoms with Gasteiger partial charge in [-0.05, 0) is 30.5 Å². The van der Waals surface area contributed by atoms with Gasteiger partial charge in [0.05, 0.1) is 11.9 Å². The van der Waals surface area contributed by atoms with Crippen LogP contribution < -0.4 is 10.6 Å². The number of aromatic nitrogens is 2. The van der Waals surface area contributed by atoms with Crippen molar-refractivity contribution in [1.29, 1.82) is 0 Å². The van der Waals surface area contributed by atoms with Gasteiger partial charge in [-0.3, -0.25) is 14.5 Å². The Morgan fingerprint density at radius 2 is 1.88 bits per heavy atom. The van der Waals surface area contributed by atoms with Gasteiger partial charge in [0.2, 0.25) is 11.8 Å². The number of anilines is 1. The Balaban J connectivity index is 1.13. The summed E-state index contributed by atoms with van der Waals surface area (Å²) < 4.78 is 11.0. The number of oxazole rings is 1. The number of carbonyl (C=O) groups excluding carboxylic acids is 3. The van der Waals surface area contributed by atoms with Crippen LogP contribution in [0.1, 0.15) is 40.0 Å². The number of nitrogens with zero attached hydrogens (tertiary/aromatic N) is 3. The van der Waals surface area contributed by atoms with Gasteiger partial charge in [-0.25, -0.2) is 14.8 Å². The summed E-state index contributed by atoms with van der Waals surface area (Å²) in [5.41, 5.74) is 2.93. The van der Waals surface area contributed by atoms with Crippen LogP contribution in [0.5, 0.6) is 0 Å². The molecule has 2 atom stereocenters. The zero-order chi connectivity index (χ0) is 27.5. The summed E-state index contributed by atoms with van der Waals surface area (Å²) in [7, 11) is 0. The van der Waals surface area contributed by atoms with Crippen molar-refractivity contribution in [3.63, 3.8) is 0 Å². The Kier molecular flexibility index (Phi) is 7.51. The first-order chi connectivity index (χ1) is 19.5. The van der Waals surface area contributed by atoms with Crippen molar-refractivity contribution in [2.75, 3.05) is 11.1 Å². The standard InChI is InChI=1S/C28H25N5O5S2/c34-23(30-20-10-11-20)19-8-6-18(7-9-19)21-15-40-27(31-21)32-24(35)22-16-39-26(25-29-12-13-37-25)33(22)28(36)38-14-17-4-2-1-3-5-17/h1-9,12-13,15,20,22,26H,10-11,14,16H2,(H,30,34)(H,31,32,35). The lowest BCUT2D eigenvalue weighted by Gasteiger charge is -2.26. The summed E-state index contributed by atoms with van der Waals surface area (Å²) in [5, 5.41) is 7.45. The first-order valence-electron chi connectivity index (χ1n) is 12.7. The number of hydrogen-bond donors (Lipinski definition) is 2. The molecule has 2 fully saturated rings. The second kappa shape index (κ2) is 11.5. The van der Waals surface area contributed by atoms with E-state index in [1.807, 2.05) is 47.8 Å². The Morgan fingerprint density at radius 1 is 1.07 bits per heavy atom. The minimum Gasteiger partial charge on any atom is -0.446 e. The van der Waals surface area contributed by atoms with Gasteiger partial charge >= 0.3 is 6.09 Å². The summed E-state index contributed by atoms with van der Waals surface area (Å²) in [4.78, 5) is 49.0. The molecular formula is C28H25N5O5S2. The van der Waals surface area contributed by atoms with Gasteiger partial charge in [0, 0.05) is 28.3 Å². The number of carbonyl (C=O) groups is 3. The third-order valence-electron chi connectivity index (χ3n) is 6.47. The van der Waals surface area contributed by atoms with Crippen LogP contribution in [-0.4, -0.2) is 50.6 Å². The minimum atomic E-state index is -0.818. The van der Waals surface area contributed by atoms with Gasteiger partial charge in [-0.2, -0.15) is 0 Å². The van der Waals surface area contributed by atoms with Crippen molar-refractivity contribution in [2.45, 2.75) is 36.9 Å². The van der Waals surface area contributed by atoms with Gasteiger partial charge in [0.15, 0.2) is 10.5 Å². The van der Waals surface area contributed by atoms with Crippen LogP contribution in [0.2, 0.25) is 0 Å². The van der Waals surface area contributed by atoms with Crippen molar-refractivity contribution in [2.24, 2.45) is 0 Å². The molecule has 3 heterocycles. The maximum Gasteiger partial charge on any atom is 0.412 e. The Hall–Kier alpha value is -4.16. The van der Waals surface area contributed by atoms with E-state index >= 15 is 0 Å². The van der Waals surface area contributed by atoms with E-state index < -0.39 is 17.5 Å². The molecule has 40 heavy (non-hydrogen) atoms. The molecule has 1 saturated heterocycles. The molecule has 3 amide bonds. The van der Waals surface area contributed by atoms with Crippen LogP contribution in [0.15, 0.2) is 76.9 Å². The highest BCUT2D eigenvalue weighted by Gasteiger charge is 2.45. The number of ether oxygens (including phenoxy) is 1. The van der Waals surface area contributed by atoms with Gasteiger partial charge < -0.3 is 19.8 Å². The molecule has 1 aliphatic heterocycles. The summed E-state index contributed by atoms with van der Waals surface area (Å²) in [6.45, 7) is 0.0738. The lowest BCUT2D eigenvalue weighted by atomic mass is 10.1. The van der Waals surface area contributed by atoms with Crippen LogP contribution in [0.4, 0.5) is 9.93 Å². The first-order valence-corrected chi connectivity index (χ1v) is 14.7. The van der Waals surface area contributed by atoms with Crippen LogP contribution in [-0.2, 0) is 16.1 Å². The molecule has 4 aromatic rings. The number of thiazole rings is 1. The maximum atomic E-state index is 13.4. The van der Waals surface area contributed by atoms with Gasteiger partial charge in [-0.1, -0.05) is 42.5 Å². The molecular weight excluding hydrogens is 550 g/mol. The van der Waals surface area contributed by atoms with E-state index in [4.69, 9.17) is 9.15 Å². The molecule has 2 aliphatic rings. The van der Waals surface area contributed by atoms with E-state index in [2.05, 4.69) is 20.6 Å². The van der Waals surface area contributed by atoms with E-state index in [0.717, 1.165) is 24.0 Å². The normalized spacial score (nSPS) is 18.4. The Labute approximate surface area is 238 Å². The number of rotatable bonds is 8. The molecule has 12 heteroatoms. The number of thioether (sulfide) groups is 1. The smallest absolute Gasteiger partial charge is 0.412 e. The van der Waals surface area contributed by atoms with Crippen LogP contribution >= 0.6 is 23.1 Å². The SMILES string of the molecule is O=C(NC1CC1)c1ccc(-c2csc(NC(=O)C3CSC(c4ncco4)N3C(=O)OCc3ccccc3)n2)cc1. The molecule has 2 aromatic carbocycles. The number of amides is 3. The zero-order valence-corrected chi connectivity index (χ0v) is 22.8. The van der Waals surface area contributed by atoms with E-state index in [1.54, 1.807) is 12.1 Å². The molecule has 2 aromatic heterocycles. The number of benzene rings is 2. The van der Waals surface area contributed by atoms with Crippen molar-refractivity contribution in [3.05, 3.63) is 89.5 Å². The van der Waals surface area contributed by atoms with Crippen LogP contribution in [0, 0.1) is 0 Å². The van der Waals surface area contributed by atoms with E-state index in [1.165, 1.54) is 40.5 Å². The lowest BCUT2D eigenvalue weighted by Crippen LogP contribution is -2.45. The quantitative estimate of drug-likeness (QED) is 0.298. The molecule has 0 bridgehead atoms. The van der Waals surface area contributed by atoms with Crippen LogP contribution in [0.25, 0.3) is 11.3 Å². The zero-order valence-electron chi connectivity index (χ0n) is 21.2. The number of nitrogens with one attached hydrogen (secondary N) is 2. The highest BCUT2D eigenvalue weighted by Crippen LogP contribution is 2.41. The molecule has 1 saturated carbocycles. The fraction of sp³-hybridized carbons (Fsp3) is 0.250. The third kappa shape index (κ3) is 5.87. The summed E-state index contributed by atoms with van der Waals surface area (Å²) in [6, 6.07) is 16.0. The van der Waals surface area contributed by atoms with E-state index in [9.17, 15) is 14.4 Å². The fourth-order valence-corrected chi connectivity index (χ4v) is 6.26. The third-order valence-corrected chi connectivity index (χ3v) is 8.48. The lowest BCUT2D eigenvalue weighted by molar-refractivity contribution is -0.120. The van der Waals surface area contributed by atoms with Crippen molar-refractivity contribution in [3.8, 4) is 11.3 Å². The summed E-state index contributed by atoms with van der Waals surface area (Å²) in [6.07, 6.45) is 4.36. The molecule has 10 nitrogen and oxygen atoms in total. The van der Waals surface area contributed by atoms with Gasteiger partial charge in [0.1, 0.15) is 18.9 Å². The van der Waals surface area contributed by atoms with Crippen molar-refractivity contribution < 1.29 is 23.5 Å². The average molecular weight is 576 g/mol. The number of hydrogen-bond acceptors (Lipinski definition) is 9. The molecule has 0 radical (unpaired) electrons. The molecule has 2 unspecified atom stereocenters. The molecule has 1 aliphatic carbocycles. The van der Waals surface area contributed by atoms with Crippen molar-refractivity contribution in [1.82, 2.24) is 20.2 Å². The molecule has 204 valence electrons. The second-order valence-electron chi connectivity index (χ2n) is 9.37. The fourth-order valence-electron chi connectivity index (χ4n) is 4.21. The summed E-state index contributed by atoms with van der Waals surface area (Å²) in [5.74, 6) is 0.195. The largest absolute Gasteiger partial charge is 0.446 e. The maximum absolute atomic E-state index is 13.4. The average Bonchev–Trinajstić information content (AvgIpc) is 3.36. The minimum absolute atomic E-state index is 0.0738. The predicted octanol–water partition coefficient (Wildman–Crippen LogP) is 5.08. The van der Waals surface area contributed by atoms with Gasteiger partial charge in [-0.15, -0.1) is 23.1 Å². The first kappa shape index (κ1) is 26.1. The van der Waals surface area contributed by atoms with E-state index in [0.29, 0.717) is 34.1 Å². The topological polar surface area (TPSA) is 127 Å². The van der Waals surface area contributed by atoms with E-state index in [-0.39, 0.29) is 18.4 Å². The highest BCUT2D eigenvalue weighted by molar-refractivity contribution is 7.99. The second-order valence-corrected chi connectivity index (χ2v) is 11.3. The Bertz CT molecular complexity index is 1490. The highest BCUT2D eigenvalue weighted by atomic mass is 32.2. The molecule has 6 rings (SSSR count). The predicted molar refractivity (Wildman–Crippen MR) is 151 cm³/mol. The van der Waals surface area contributed by atoms with Crippen LogP contribution in [0.3, 0.4) is 0 Å². The monoisotopic (exact) mass is 575 g/mol. The molecule has 0 spiro atoms. The van der Waals surface area contributed by atoms with Crippen molar-refractivity contribution >= 4 is 46.1 Å². The Morgan fingerprint density at radius 3 is 2.60 bits per heavy atom. The molecule has 2 N–H and O–H groups in total. The summed E-state index contributed by atoms with van der Waals surface area (Å²) >= 11 is 2.66.